The summed E-state index contributed by atoms with van der Waals surface area (Å²) < 4.78 is 11.0. The van der Waals surface area contributed by atoms with Crippen LogP contribution in [0.2, 0.25) is 0 Å². The van der Waals surface area contributed by atoms with Gasteiger partial charge in [-0.3, -0.25) is 0 Å². The lowest BCUT2D eigenvalue weighted by Gasteiger charge is -2.11. The molecule has 4 heteroatoms. The van der Waals surface area contributed by atoms with Crippen LogP contribution in [0.3, 0.4) is 0 Å². The molecule has 3 aromatic rings. The van der Waals surface area contributed by atoms with Gasteiger partial charge in [-0.2, -0.15) is 5.26 Å². The Morgan fingerprint density at radius 1 is 1.00 bits per heavy atom. The molecule has 0 amide bonds. The zero-order valence-corrected chi connectivity index (χ0v) is 14.6. The first-order valence-electron chi connectivity index (χ1n) is 8.37. The van der Waals surface area contributed by atoms with Gasteiger partial charge in [0.15, 0.2) is 0 Å². The zero-order valence-electron chi connectivity index (χ0n) is 14.6. The van der Waals surface area contributed by atoms with Crippen LogP contribution in [-0.2, 0) is 0 Å². The summed E-state index contributed by atoms with van der Waals surface area (Å²) in [4.78, 5) is 12.5. The number of nitrogens with zero attached hydrogens (tertiary/aromatic N) is 1. The Bertz CT molecular complexity index is 983. The normalized spacial score (nSPS) is 9.89. The number of rotatable bonds is 6. The fraction of sp³-hybridized carbons (Fsp3) is 0.0435. The van der Waals surface area contributed by atoms with Gasteiger partial charge >= 0.3 is 5.97 Å². The molecule has 0 N–H and O–H groups in total. The lowest BCUT2D eigenvalue weighted by atomic mass is 10.0. The highest BCUT2D eigenvalue weighted by atomic mass is 16.5. The van der Waals surface area contributed by atoms with Crippen molar-refractivity contribution in [3.63, 3.8) is 0 Å². The highest BCUT2D eigenvalue weighted by molar-refractivity contribution is 5.92. The second-order valence-electron chi connectivity index (χ2n) is 5.70. The molecule has 3 rings (SSSR count). The lowest BCUT2D eigenvalue weighted by Crippen LogP contribution is -2.09. The van der Waals surface area contributed by atoms with Crippen LogP contribution in [0.25, 0.3) is 11.1 Å². The molecule has 27 heavy (non-hydrogen) atoms. The van der Waals surface area contributed by atoms with Gasteiger partial charge in [0.05, 0.1) is 17.2 Å². The van der Waals surface area contributed by atoms with Crippen LogP contribution in [0.5, 0.6) is 11.5 Å². The van der Waals surface area contributed by atoms with E-state index in [9.17, 15) is 4.79 Å². The standard InChI is InChI=1S/C23H17NO3/c1-2-15-26-20-13-11-19(12-14-20)23(25)27-22-6-4-3-5-21(22)18-9-7-17(16-24)8-10-18/h2-14H,1,15H2. The molecule has 0 aromatic heterocycles. The molecule has 0 aliphatic heterocycles. The van der Waals surface area contributed by atoms with Crippen molar-refractivity contribution in [2.24, 2.45) is 0 Å². The van der Waals surface area contributed by atoms with Crippen molar-refractivity contribution in [1.29, 1.82) is 5.26 Å². The maximum atomic E-state index is 12.5. The highest BCUT2D eigenvalue weighted by Gasteiger charge is 2.13. The average molecular weight is 355 g/mol. The van der Waals surface area contributed by atoms with Gasteiger partial charge in [0.25, 0.3) is 0 Å². The Morgan fingerprint density at radius 2 is 1.70 bits per heavy atom. The van der Waals surface area contributed by atoms with E-state index in [1.807, 2.05) is 30.3 Å². The third-order valence-corrected chi connectivity index (χ3v) is 3.87. The number of hydrogen-bond donors (Lipinski definition) is 0. The molecule has 0 aliphatic rings. The molecule has 132 valence electrons. The van der Waals surface area contributed by atoms with Crippen LogP contribution < -0.4 is 9.47 Å². The van der Waals surface area contributed by atoms with Crippen LogP contribution in [0.15, 0.2) is 85.5 Å². The van der Waals surface area contributed by atoms with E-state index in [0.717, 1.165) is 11.1 Å². The first-order chi connectivity index (χ1) is 13.2. The predicted molar refractivity (Wildman–Crippen MR) is 104 cm³/mol. The van der Waals surface area contributed by atoms with Gasteiger partial charge in [0.2, 0.25) is 0 Å². The van der Waals surface area contributed by atoms with Gasteiger partial charge in [-0.1, -0.05) is 43.0 Å². The van der Waals surface area contributed by atoms with Gasteiger partial charge in [-0.15, -0.1) is 0 Å². The first kappa shape index (κ1) is 18.0. The van der Waals surface area contributed by atoms with E-state index >= 15 is 0 Å². The molecule has 0 atom stereocenters. The van der Waals surface area contributed by atoms with Crippen LogP contribution in [0, 0.1) is 11.3 Å². The van der Waals surface area contributed by atoms with E-state index in [-0.39, 0.29) is 0 Å². The maximum Gasteiger partial charge on any atom is 0.343 e. The largest absolute Gasteiger partial charge is 0.490 e. The molecule has 0 spiro atoms. The summed E-state index contributed by atoms with van der Waals surface area (Å²) in [6.45, 7) is 4.00. The molecular formula is C23H17NO3. The van der Waals surface area contributed by atoms with Gasteiger partial charge < -0.3 is 9.47 Å². The van der Waals surface area contributed by atoms with Crippen molar-refractivity contribution in [1.82, 2.24) is 0 Å². The molecule has 0 saturated carbocycles. The smallest absolute Gasteiger partial charge is 0.343 e. The van der Waals surface area contributed by atoms with Crippen molar-refractivity contribution >= 4 is 5.97 Å². The Balaban J connectivity index is 1.80. The van der Waals surface area contributed by atoms with Crippen LogP contribution in [0.1, 0.15) is 15.9 Å². The number of esters is 1. The highest BCUT2D eigenvalue weighted by Crippen LogP contribution is 2.30. The Kier molecular flexibility index (Phi) is 5.66. The summed E-state index contributed by atoms with van der Waals surface area (Å²) in [5, 5.41) is 8.93. The van der Waals surface area contributed by atoms with Crippen molar-refractivity contribution in [3.05, 3.63) is 96.6 Å². The zero-order chi connectivity index (χ0) is 19.1. The van der Waals surface area contributed by atoms with Crippen molar-refractivity contribution in [2.45, 2.75) is 0 Å². The molecule has 0 unspecified atom stereocenters. The SMILES string of the molecule is C=CCOc1ccc(C(=O)Oc2ccccc2-c2ccc(C#N)cc2)cc1. The van der Waals surface area contributed by atoms with E-state index in [4.69, 9.17) is 14.7 Å². The summed E-state index contributed by atoms with van der Waals surface area (Å²) in [5.74, 6) is 0.662. The summed E-state index contributed by atoms with van der Waals surface area (Å²) in [6.07, 6.45) is 1.66. The van der Waals surface area contributed by atoms with E-state index in [1.165, 1.54) is 0 Å². The Morgan fingerprint density at radius 3 is 2.37 bits per heavy atom. The Labute approximate surface area is 157 Å². The van der Waals surface area contributed by atoms with Crippen molar-refractivity contribution in [3.8, 4) is 28.7 Å². The minimum Gasteiger partial charge on any atom is -0.490 e. The van der Waals surface area contributed by atoms with Gasteiger partial charge in [0, 0.05) is 5.56 Å². The van der Waals surface area contributed by atoms with Crippen LogP contribution >= 0.6 is 0 Å². The lowest BCUT2D eigenvalue weighted by molar-refractivity contribution is 0.0735. The summed E-state index contributed by atoms with van der Waals surface area (Å²) in [6, 6.07) is 23.3. The monoisotopic (exact) mass is 355 g/mol. The minimum absolute atomic E-state index is 0.405. The summed E-state index contributed by atoms with van der Waals surface area (Å²) >= 11 is 0. The first-order valence-corrected chi connectivity index (χ1v) is 8.37. The number of ether oxygens (including phenoxy) is 2. The van der Waals surface area contributed by atoms with Crippen LogP contribution in [-0.4, -0.2) is 12.6 Å². The number of carbonyl (C=O) groups excluding carboxylic acids is 1. The van der Waals surface area contributed by atoms with E-state index in [2.05, 4.69) is 12.6 Å². The Hall–Kier alpha value is -3.84. The minimum atomic E-state index is -0.452. The molecule has 0 fully saturated rings. The number of benzene rings is 3. The molecule has 0 heterocycles. The molecule has 0 saturated heterocycles. The molecule has 3 aromatic carbocycles. The second kappa shape index (κ2) is 8.50. The van der Waals surface area contributed by atoms with Gasteiger partial charge in [-0.05, 0) is 48.0 Å². The fourth-order valence-corrected chi connectivity index (χ4v) is 2.52. The van der Waals surface area contributed by atoms with Crippen LogP contribution in [0.4, 0.5) is 0 Å². The van der Waals surface area contributed by atoms with E-state index in [1.54, 1.807) is 48.5 Å². The summed E-state index contributed by atoms with van der Waals surface area (Å²) in [5.41, 5.74) is 2.65. The number of nitriles is 1. The third-order valence-electron chi connectivity index (χ3n) is 3.87. The maximum absolute atomic E-state index is 12.5. The third kappa shape index (κ3) is 4.42. The van der Waals surface area contributed by atoms with Gasteiger partial charge in [0.1, 0.15) is 18.1 Å². The molecule has 0 aliphatic carbocycles. The number of hydrogen-bond acceptors (Lipinski definition) is 4. The van der Waals surface area contributed by atoms with Crippen molar-refractivity contribution in [2.75, 3.05) is 6.61 Å². The fourth-order valence-electron chi connectivity index (χ4n) is 2.52. The molecule has 0 bridgehead atoms. The quantitative estimate of drug-likeness (QED) is 0.354. The average Bonchev–Trinajstić information content (AvgIpc) is 2.73. The molecule has 0 radical (unpaired) electrons. The number of para-hydroxylation sites is 1. The summed E-state index contributed by atoms with van der Waals surface area (Å²) in [7, 11) is 0. The van der Waals surface area contributed by atoms with Gasteiger partial charge in [-0.25, -0.2) is 4.79 Å². The topological polar surface area (TPSA) is 59.3 Å². The second-order valence-corrected chi connectivity index (χ2v) is 5.70. The van der Waals surface area contributed by atoms with E-state index in [0.29, 0.717) is 29.2 Å². The predicted octanol–water partition coefficient (Wildman–Crippen LogP) is 5.01. The molecular weight excluding hydrogens is 338 g/mol. The molecule has 4 nitrogen and oxygen atoms in total. The van der Waals surface area contributed by atoms with E-state index < -0.39 is 5.97 Å². The van der Waals surface area contributed by atoms with Crippen molar-refractivity contribution < 1.29 is 14.3 Å². The number of carbonyl (C=O) groups is 1.